The van der Waals surface area contributed by atoms with Gasteiger partial charge in [0.2, 0.25) is 6.29 Å². The SMILES string of the molecule is CCCCCCCCCCCc1cccc(OC(C)OC(=O)CC[N+](C)(C)Cc2ccccc2)c1. The van der Waals surface area contributed by atoms with Gasteiger partial charge in [0.05, 0.1) is 27.1 Å². The minimum Gasteiger partial charge on any atom is -0.455 e. The van der Waals surface area contributed by atoms with Crippen molar-refractivity contribution in [2.24, 2.45) is 0 Å². The number of benzene rings is 2. The Hall–Kier alpha value is -2.33. The third-order valence-electron chi connectivity index (χ3n) is 6.44. The molecule has 0 aliphatic carbocycles. The van der Waals surface area contributed by atoms with E-state index in [2.05, 4.69) is 45.3 Å². The van der Waals surface area contributed by atoms with Gasteiger partial charge in [0.1, 0.15) is 12.3 Å². The number of aryl methyl sites for hydroxylation is 1. The summed E-state index contributed by atoms with van der Waals surface area (Å²) in [4.78, 5) is 12.4. The third-order valence-corrected chi connectivity index (χ3v) is 6.44. The summed E-state index contributed by atoms with van der Waals surface area (Å²) >= 11 is 0. The topological polar surface area (TPSA) is 35.5 Å². The molecule has 0 saturated heterocycles. The second-order valence-corrected chi connectivity index (χ2v) is 10.5. The number of esters is 1. The van der Waals surface area contributed by atoms with Crippen molar-refractivity contribution in [2.75, 3.05) is 20.6 Å². The van der Waals surface area contributed by atoms with Crippen LogP contribution in [-0.2, 0) is 22.5 Å². The Morgan fingerprint density at radius 3 is 2.14 bits per heavy atom. The summed E-state index contributed by atoms with van der Waals surface area (Å²) in [5, 5.41) is 0. The number of carbonyl (C=O) groups excluding carboxylic acids is 1. The van der Waals surface area contributed by atoms with Gasteiger partial charge in [-0.05, 0) is 30.5 Å². The van der Waals surface area contributed by atoms with Crippen molar-refractivity contribution in [1.29, 1.82) is 0 Å². The Kier molecular flexibility index (Phi) is 13.5. The summed E-state index contributed by atoms with van der Waals surface area (Å²) in [7, 11) is 4.28. The summed E-state index contributed by atoms with van der Waals surface area (Å²) in [6.45, 7) is 5.65. The van der Waals surface area contributed by atoms with E-state index >= 15 is 0 Å². The summed E-state index contributed by atoms with van der Waals surface area (Å²) < 4.78 is 12.2. The fourth-order valence-corrected chi connectivity index (χ4v) is 4.42. The van der Waals surface area contributed by atoms with Gasteiger partial charge in [-0.2, -0.15) is 0 Å². The average molecular weight is 483 g/mol. The highest BCUT2D eigenvalue weighted by molar-refractivity contribution is 5.69. The summed E-state index contributed by atoms with van der Waals surface area (Å²) in [6, 6.07) is 18.6. The molecule has 0 amide bonds. The van der Waals surface area contributed by atoms with Crippen molar-refractivity contribution in [3.63, 3.8) is 0 Å². The van der Waals surface area contributed by atoms with Gasteiger partial charge in [0, 0.05) is 12.5 Å². The van der Waals surface area contributed by atoms with Crippen LogP contribution >= 0.6 is 0 Å². The highest BCUT2D eigenvalue weighted by atomic mass is 16.7. The first-order chi connectivity index (χ1) is 16.9. The molecule has 0 fully saturated rings. The summed E-state index contributed by atoms with van der Waals surface area (Å²) in [5.74, 6) is 0.543. The van der Waals surface area contributed by atoms with E-state index < -0.39 is 6.29 Å². The molecule has 2 aromatic rings. The second kappa shape index (κ2) is 16.4. The number of nitrogens with zero attached hydrogens (tertiary/aromatic N) is 1. The van der Waals surface area contributed by atoms with E-state index in [4.69, 9.17) is 9.47 Å². The van der Waals surface area contributed by atoms with Crippen molar-refractivity contribution >= 4 is 5.97 Å². The van der Waals surface area contributed by atoms with Gasteiger partial charge in [-0.1, -0.05) is 101 Å². The number of ether oxygens (including phenoxy) is 2. The van der Waals surface area contributed by atoms with Gasteiger partial charge >= 0.3 is 5.97 Å². The molecule has 35 heavy (non-hydrogen) atoms. The molecule has 4 heteroatoms. The first kappa shape index (κ1) is 28.9. The Bertz CT molecular complexity index is 834. The monoisotopic (exact) mass is 482 g/mol. The zero-order valence-electron chi connectivity index (χ0n) is 22.6. The molecule has 0 aromatic heterocycles. The fourth-order valence-electron chi connectivity index (χ4n) is 4.42. The molecular weight excluding hydrogens is 434 g/mol. The smallest absolute Gasteiger partial charge is 0.314 e. The maximum Gasteiger partial charge on any atom is 0.314 e. The zero-order valence-corrected chi connectivity index (χ0v) is 22.6. The molecule has 0 spiro atoms. The molecule has 194 valence electrons. The Morgan fingerprint density at radius 2 is 1.46 bits per heavy atom. The molecule has 0 saturated carbocycles. The number of hydrogen-bond acceptors (Lipinski definition) is 3. The normalized spacial score (nSPS) is 12.3. The van der Waals surface area contributed by atoms with Gasteiger partial charge in [0.25, 0.3) is 0 Å². The van der Waals surface area contributed by atoms with Crippen LogP contribution in [0, 0.1) is 0 Å². The lowest BCUT2D eigenvalue weighted by Crippen LogP contribution is -2.40. The first-order valence-corrected chi connectivity index (χ1v) is 13.7. The first-order valence-electron chi connectivity index (χ1n) is 13.7. The minimum absolute atomic E-state index is 0.220. The van der Waals surface area contributed by atoms with Crippen molar-refractivity contribution < 1.29 is 18.8 Å². The molecule has 1 unspecified atom stereocenters. The second-order valence-electron chi connectivity index (χ2n) is 10.5. The Balaban J connectivity index is 1.64. The maximum atomic E-state index is 12.4. The van der Waals surface area contributed by atoms with Crippen LogP contribution in [0.2, 0.25) is 0 Å². The number of carbonyl (C=O) groups is 1. The van der Waals surface area contributed by atoms with E-state index in [1.54, 1.807) is 6.92 Å². The third kappa shape index (κ3) is 13.4. The lowest BCUT2D eigenvalue weighted by Gasteiger charge is -2.29. The number of unbranched alkanes of at least 4 members (excludes halogenated alkanes) is 8. The average Bonchev–Trinajstić information content (AvgIpc) is 2.82. The van der Waals surface area contributed by atoms with Crippen molar-refractivity contribution in [3.05, 3.63) is 65.7 Å². The van der Waals surface area contributed by atoms with Crippen molar-refractivity contribution in [2.45, 2.75) is 97.3 Å². The molecule has 1 atom stereocenters. The van der Waals surface area contributed by atoms with Crippen LogP contribution in [0.25, 0.3) is 0 Å². The van der Waals surface area contributed by atoms with E-state index in [1.807, 2.05) is 30.3 Å². The standard InChI is InChI=1S/C31H48NO3/c1-5-6-7-8-9-10-11-12-14-18-28-21-17-22-30(25-28)34-27(2)35-31(33)23-24-32(3,4)26-29-19-15-13-16-20-29/h13,15-17,19-22,25,27H,5-12,14,18,23-24,26H2,1-4H3/q+1. The van der Waals surface area contributed by atoms with E-state index in [9.17, 15) is 4.79 Å². The van der Waals surface area contributed by atoms with Crippen LogP contribution < -0.4 is 4.74 Å². The molecule has 4 nitrogen and oxygen atoms in total. The molecule has 0 bridgehead atoms. The van der Waals surface area contributed by atoms with Crippen LogP contribution in [0.3, 0.4) is 0 Å². The Labute approximate surface area is 214 Å². The lowest BCUT2D eigenvalue weighted by atomic mass is 10.0. The van der Waals surface area contributed by atoms with Gasteiger partial charge in [-0.25, -0.2) is 0 Å². The highest BCUT2D eigenvalue weighted by Crippen LogP contribution is 2.18. The van der Waals surface area contributed by atoms with Crippen LogP contribution in [0.4, 0.5) is 0 Å². The largest absolute Gasteiger partial charge is 0.455 e. The lowest BCUT2D eigenvalue weighted by molar-refractivity contribution is -0.903. The fraction of sp³-hybridized carbons (Fsp3) is 0.581. The van der Waals surface area contributed by atoms with E-state index in [0.29, 0.717) is 13.0 Å². The number of rotatable bonds is 18. The molecule has 0 radical (unpaired) electrons. The van der Waals surface area contributed by atoms with Crippen LogP contribution in [0.15, 0.2) is 54.6 Å². The van der Waals surface area contributed by atoms with Crippen molar-refractivity contribution in [3.8, 4) is 5.75 Å². The molecule has 0 heterocycles. The molecule has 0 aliphatic rings. The molecule has 0 N–H and O–H groups in total. The zero-order chi connectivity index (χ0) is 25.4. The number of hydrogen-bond donors (Lipinski definition) is 0. The summed E-state index contributed by atoms with van der Waals surface area (Å²) in [5.41, 5.74) is 2.55. The van der Waals surface area contributed by atoms with Crippen LogP contribution in [0.1, 0.15) is 89.2 Å². The molecule has 0 aliphatic heterocycles. The van der Waals surface area contributed by atoms with Crippen LogP contribution in [-0.4, -0.2) is 37.4 Å². The van der Waals surface area contributed by atoms with Gasteiger partial charge in [-0.3, -0.25) is 4.79 Å². The highest BCUT2D eigenvalue weighted by Gasteiger charge is 2.20. The van der Waals surface area contributed by atoms with E-state index in [1.165, 1.54) is 68.9 Å². The number of quaternary nitrogens is 1. The molecule has 2 aromatic carbocycles. The minimum atomic E-state index is -0.602. The predicted octanol–water partition coefficient (Wildman–Crippen LogP) is 7.69. The van der Waals surface area contributed by atoms with Crippen LogP contribution in [0.5, 0.6) is 5.75 Å². The maximum absolute atomic E-state index is 12.4. The van der Waals surface area contributed by atoms with Gasteiger partial charge < -0.3 is 14.0 Å². The van der Waals surface area contributed by atoms with E-state index in [0.717, 1.165) is 23.2 Å². The molecule has 2 rings (SSSR count). The molecular formula is C31H48NO3+. The Morgan fingerprint density at radius 1 is 0.829 bits per heavy atom. The van der Waals surface area contributed by atoms with E-state index in [-0.39, 0.29) is 5.97 Å². The quantitative estimate of drug-likeness (QED) is 0.0945. The predicted molar refractivity (Wildman–Crippen MR) is 145 cm³/mol. The van der Waals surface area contributed by atoms with Gasteiger partial charge in [0.15, 0.2) is 0 Å². The summed E-state index contributed by atoms with van der Waals surface area (Å²) in [6.07, 6.45) is 12.9. The van der Waals surface area contributed by atoms with Gasteiger partial charge in [-0.15, -0.1) is 0 Å². The van der Waals surface area contributed by atoms with Crippen molar-refractivity contribution in [1.82, 2.24) is 0 Å².